The van der Waals surface area contributed by atoms with Crippen molar-refractivity contribution in [2.75, 3.05) is 6.54 Å². The number of fused-ring (bicyclic) bond motifs is 1. The van der Waals surface area contributed by atoms with E-state index in [1.165, 1.54) is 25.3 Å². The number of rotatable bonds is 1. The molecule has 19 heavy (non-hydrogen) atoms. The zero-order chi connectivity index (χ0) is 13.4. The third-order valence-corrected chi connectivity index (χ3v) is 4.65. The maximum atomic E-state index is 12.6. The first kappa shape index (κ1) is 12.5. The van der Waals surface area contributed by atoms with Gasteiger partial charge in [-0.25, -0.2) is 4.98 Å². The van der Waals surface area contributed by atoms with Crippen LogP contribution in [0.2, 0.25) is 0 Å². The molecule has 3 rings (SSSR count). The number of hydrogen-bond acceptors (Lipinski definition) is 3. The second-order valence-electron chi connectivity index (χ2n) is 5.82. The highest BCUT2D eigenvalue weighted by molar-refractivity contribution is 5.95. The molecule has 0 radical (unpaired) electrons. The zero-order valence-corrected chi connectivity index (χ0v) is 11.2. The Labute approximate surface area is 113 Å². The number of aromatic nitrogens is 1. The monoisotopic (exact) mass is 260 g/mol. The van der Waals surface area contributed by atoms with Crippen LogP contribution in [-0.2, 0) is 0 Å². The molecular formula is C15H20N2O2. The lowest BCUT2D eigenvalue weighted by Gasteiger charge is -2.32. The average Bonchev–Trinajstić information content (AvgIpc) is 2.77. The molecule has 2 fully saturated rings. The Kier molecular flexibility index (Phi) is 3.17. The highest BCUT2D eigenvalue weighted by Gasteiger charge is 2.43. The van der Waals surface area contributed by atoms with E-state index >= 15 is 0 Å². The van der Waals surface area contributed by atoms with Gasteiger partial charge in [-0.1, -0.05) is 19.8 Å². The summed E-state index contributed by atoms with van der Waals surface area (Å²) in [4.78, 5) is 18.6. The van der Waals surface area contributed by atoms with Crippen LogP contribution in [0, 0.1) is 11.8 Å². The van der Waals surface area contributed by atoms with E-state index in [2.05, 4.69) is 11.9 Å². The summed E-state index contributed by atoms with van der Waals surface area (Å²) >= 11 is 0. The summed E-state index contributed by atoms with van der Waals surface area (Å²) < 4.78 is 0. The Morgan fingerprint density at radius 3 is 3.00 bits per heavy atom. The Morgan fingerprint density at radius 2 is 2.21 bits per heavy atom. The summed E-state index contributed by atoms with van der Waals surface area (Å²) in [6, 6.07) is 3.51. The quantitative estimate of drug-likeness (QED) is 0.843. The van der Waals surface area contributed by atoms with Gasteiger partial charge in [0, 0.05) is 18.8 Å². The van der Waals surface area contributed by atoms with Crippen LogP contribution in [0.1, 0.15) is 43.1 Å². The van der Waals surface area contributed by atoms with Crippen molar-refractivity contribution in [1.82, 2.24) is 9.88 Å². The minimum atomic E-state index is -0.112. The average molecular weight is 260 g/mol. The van der Waals surface area contributed by atoms with Crippen LogP contribution in [0.3, 0.4) is 0 Å². The smallest absolute Gasteiger partial charge is 0.276 e. The zero-order valence-electron chi connectivity index (χ0n) is 11.2. The first-order valence-electron chi connectivity index (χ1n) is 7.13. The first-order chi connectivity index (χ1) is 9.18. The molecule has 1 saturated carbocycles. The molecule has 0 bridgehead atoms. The number of pyridine rings is 1. The van der Waals surface area contributed by atoms with Gasteiger partial charge < -0.3 is 10.0 Å². The molecule has 0 aromatic carbocycles. The van der Waals surface area contributed by atoms with Crippen LogP contribution in [0.15, 0.2) is 18.3 Å². The van der Waals surface area contributed by atoms with Crippen molar-refractivity contribution in [2.24, 2.45) is 11.8 Å². The molecule has 1 N–H and O–H groups in total. The summed E-state index contributed by atoms with van der Waals surface area (Å²) in [6.45, 7) is 3.03. The summed E-state index contributed by atoms with van der Waals surface area (Å²) in [6.07, 6.45) is 6.36. The fourth-order valence-corrected chi connectivity index (χ4v) is 3.70. The molecule has 1 aliphatic heterocycles. The van der Waals surface area contributed by atoms with Gasteiger partial charge in [-0.2, -0.15) is 0 Å². The van der Waals surface area contributed by atoms with Crippen LogP contribution in [-0.4, -0.2) is 33.5 Å². The fourth-order valence-electron chi connectivity index (χ4n) is 3.70. The standard InChI is InChI=1S/C15H20N2O2/c1-10-9-17(12-6-3-2-5-11(10)12)15(19)14-13(18)7-4-8-16-14/h4,7-8,10-12,18H,2-3,5-6,9H2,1H3/t10-,11+,12-/m1/s1. The molecule has 4 nitrogen and oxygen atoms in total. The number of likely N-dealkylation sites (tertiary alicyclic amines) is 1. The lowest BCUT2D eigenvalue weighted by molar-refractivity contribution is 0.0681. The molecule has 1 aromatic heterocycles. The van der Waals surface area contributed by atoms with Crippen molar-refractivity contribution in [3.63, 3.8) is 0 Å². The maximum absolute atomic E-state index is 12.6. The van der Waals surface area contributed by atoms with Crippen molar-refractivity contribution in [1.29, 1.82) is 0 Å². The van der Waals surface area contributed by atoms with Crippen molar-refractivity contribution < 1.29 is 9.90 Å². The molecule has 2 heterocycles. The second kappa shape index (κ2) is 4.83. The van der Waals surface area contributed by atoms with Gasteiger partial charge >= 0.3 is 0 Å². The minimum Gasteiger partial charge on any atom is -0.505 e. The molecule has 3 atom stereocenters. The van der Waals surface area contributed by atoms with E-state index < -0.39 is 0 Å². The molecule has 1 aromatic rings. The maximum Gasteiger partial charge on any atom is 0.276 e. The van der Waals surface area contributed by atoms with Crippen molar-refractivity contribution in [3.8, 4) is 5.75 Å². The third-order valence-electron chi connectivity index (χ3n) is 4.65. The van der Waals surface area contributed by atoms with Crippen LogP contribution in [0.4, 0.5) is 0 Å². The third kappa shape index (κ3) is 2.09. The molecule has 1 aliphatic carbocycles. The van der Waals surface area contributed by atoms with Crippen LogP contribution >= 0.6 is 0 Å². The molecular weight excluding hydrogens is 240 g/mol. The molecule has 0 spiro atoms. The Balaban J connectivity index is 1.86. The molecule has 102 valence electrons. The van der Waals surface area contributed by atoms with Gasteiger partial charge in [0.2, 0.25) is 0 Å². The van der Waals surface area contributed by atoms with E-state index in [-0.39, 0.29) is 17.4 Å². The number of aromatic hydroxyl groups is 1. The van der Waals surface area contributed by atoms with Crippen molar-refractivity contribution >= 4 is 5.91 Å². The van der Waals surface area contributed by atoms with Crippen LogP contribution < -0.4 is 0 Å². The highest BCUT2D eigenvalue weighted by atomic mass is 16.3. The van der Waals surface area contributed by atoms with Gasteiger partial charge in [0.05, 0.1) is 0 Å². The van der Waals surface area contributed by atoms with Crippen molar-refractivity contribution in [2.45, 2.75) is 38.6 Å². The predicted octanol–water partition coefficient (Wildman–Crippen LogP) is 2.44. The first-order valence-corrected chi connectivity index (χ1v) is 7.13. The van der Waals surface area contributed by atoms with Gasteiger partial charge in [-0.15, -0.1) is 0 Å². The Morgan fingerprint density at radius 1 is 1.42 bits per heavy atom. The van der Waals surface area contributed by atoms with Gasteiger partial charge in [0.15, 0.2) is 5.69 Å². The Hall–Kier alpha value is -1.58. The highest BCUT2D eigenvalue weighted by Crippen LogP contribution is 2.40. The van der Waals surface area contributed by atoms with Gasteiger partial charge in [0.1, 0.15) is 5.75 Å². The van der Waals surface area contributed by atoms with Crippen molar-refractivity contribution in [3.05, 3.63) is 24.0 Å². The molecule has 1 saturated heterocycles. The van der Waals surface area contributed by atoms with E-state index in [9.17, 15) is 9.90 Å². The summed E-state index contributed by atoms with van der Waals surface area (Å²) in [5.41, 5.74) is 0.195. The molecule has 1 amide bonds. The summed E-state index contributed by atoms with van der Waals surface area (Å²) in [5.74, 6) is 1.06. The summed E-state index contributed by atoms with van der Waals surface area (Å²) in [5, 5.41) is 9.79. The molecule has 0 unspecified atom stereocenters. The number of nitrogens with zero attached hydrogens (tertiary/aromatic N) is 2. The van der Waals surface area contributed by atoms with Gasteiger partial charge in [0.25, 0.3) is 5.91 Å². The second-order valence-corrected chi connectivity index (χ2v) is 5.82. The fraction of sp³-hybridized carbons (Fsp3) is 0.600. The van der Waals surface area contributed by atoms with Gasteiger partial charge in [-0.3, -0.25) is 4.79 Å². The minimum absolute atomic E-state index is 0.0144. The molecule has 2 aliphatic rings. The predicted molar refractivity (Wildman–Crippen MR) is 71.8 cm³/mol. The number of amides is 1. The van der Waals surface area contributed by atoms with Crippen LogP contribution in [0.5, 0.6) is 5.75 Å². The largest absolute Gasteiger partial charge is 0.505 e. The SMILES string of the molecule is C[C@@H]1CN(C(=O)c2ncccc2O)[C@@H]2CCCC[C@@H]12. The van der Waals surface area contributed by atoms with E-state index in [0.717, 1.165) is 13.0 Å². The van der Waals surface area contributed by atoms with E-state index in [0.29, 0.717) is 17.9 Å². The lowest BCUT2D eigenvalue weighted by atomic mass is 9.80. The van der Waals surface area contributed by atoms with Gasteiger partial charge in [-0.05, 0) is 36.8 Å². The normalized spacial score (nSPS) is 30.2. The molecule has 4 heteroatoms. The number of carbonyl (C=O) groups excluding carboxylic acids is 1. The van der Waals surface area contributed by atoms with Crippen LogP contribution in [0.25, 0.3) is 0 Å². The topological polar surface area (TPSA) is 53.4 Å². The lowest BCUT2D eigenvalue weighted by Crippen LogP contribution is -2.39. The van der Waals surface area contributed by atoms with E-state index in [1.54, 1.807) is 12.3 Å². The summed E-state index contributed by atoms with van der Waals surface area (Å²) in [7, 11) is 0. The number of hydrogen-bond donors (Lipinski definition) is 1. The van der Waals surface area contributed by atoms with E-state index in [4.69, 9.17) is 0 Å². The number of carbonyl (C=O) groups is 1. The Bertz CT molecular complexity index is 489. The van der Waals surface area contributed by atoms with E-state index in [1.807, 2.05) is 4.90 Å².